The van der Waals surface area contributed by atoms with Gasteiger partial charge < -0.3 is 15.5 Å². The molecule has 0 spiro atoms. The maximum Gasteiger partial charge on any atom is 0.241 e. The zero-order valence-corrected chi connectivity index (χ0v) is 11.9. The van der Waals surface area contributed by atoms with Crippen molar-refractivity contribution in [3.63, 3.8) is 0 Å². The first-order valence-corrected chi connectivity index (χ1v) is 6.22. The molecule has 108 valence electrons. The SMILES string of the molecule is CC(=O)Nc1ccc(CC(=O)NCC(=O)N(C)C)cc1. The molecule has 0 heterocycles. The summed E-state index contributed by atoms with van der Waals surface area (Å²) in [5.74, 6) is -0.510. The molecule has 3 amide bonds. The normalized spacial score (nSPS) is 9.75. The van der Waals surface area contributed by atoms with Gasteiger partial charge in [0.2, 0.25) is 17.7 Å². The molecule has 0 saturated heterocycles. The van der Waals surface area contributed by atoms with Crippen molar-refractivity contribution >= 4 is 23.4 Å². The van der Waals surface area contributed by atoms with Gasteiger partial charge in [-0.1, -0.05) is 12.1 Å². The molecule has 0 saturated carbocycles. The molecule has 0 aliphatic carbocycles. The van der Waals surface area contributed by atoms with Crippen LogP contribution in [0.4, 0.5) is 5.69 Å². The molecule has 0 aromatic heterocycles. The number of hydrogen-bond donors (Lipinski definition) is 2. The molecule has 1 rings (SSSR count). The van der Waals surface area contributed by atoms with E-state index in [-0.39, 0.29) is 30.7 Å². The monoisotopic (exact) mass is 277 g/mol. The van der Waals surface area contributed by atoms with E-state index >= 15 is 0 Å². The number of likely N-dealkylation sites (N-methyl/N-ethyl adjacent to an activating group) is 1. The third-order valence-electron chi connectivity index (χ3n) is 2.57. The Morgan fingerprint density at radius 2 is 1.70 bits per heavy atom. The van der Waals surface area contributed by atoms with E-state index in [1.54, 1.807) is 38.4 Å². The fourth-order valence-corrected chi connectivity index (χ4v) is 1.49. The van der Waals surface area contributed by atoms with Gasteiger partial charge in [0, 0.05) is 26.7 Å². The minimum absolute atomic E-state index is 0.00416. The molecule has 6 nitrogen and oxygen atoms in total. The van der Waals surface area contributed by atoms with Crippen LogP contribution in [-0.4, -0.2) is 43.3 Å². The number of nitrogens with zero attached hydrogens (tertiary/aromatic N) is 1. The van der Waals surface area contributed by atoms with Gasteiger partial charge in [0.15, 0.2) is 0 Å². The molecular weight excluding hydrogens is 258 g/mol. The number of rotatable bonds is 5. The van der Waals surface area contributed by atoms with E-state index in [9.17, 15) is 14.4 Å². The van der Waals surface area contributed by atoms with Gasteiger partial charge in [-0.15, -0.1) is 0 Å². The Bertz CT molecular complexity index is 495. The van der Waals surface area contributed by atoms with Gasteiger partial charge in [-0.25, -0.2) is 0 Å². The lowest BCUT2D eigenvalue weighted by Crippen LogP contribution is -2.36. The van der Waals surface area contributed by atoms with E-state index in [4.69, 9.17) is 0 Å². The summed E-state index contributed by atoms with van der Waals surface area (Å²) in [7, 11) is 3.27. The van der Waals surface area contributed by atoms with Gasteiger partial charge in [-0.05, 0) is 17.7 Å². The van der Waals surface area contributed by atoms with Gasteiger partial charge in [-0.2, -0.15) is 0 Å². The molecule has 0 atom stereocenters. The van der Waals surface area contributed by atoms with E-state index in [1.807, 2.05) is 0 Å². The highest BCUT2D eigenvalue weighted by molar-refractivity contribution is 5.89. The first-order chi connectivity index (χ1) is 9.38. The van der Waals surface area contributed by atoms with Crippen LogP contribution in [0.1, 0.15) is 12.5 Å². The number of amides is 3. The molecule has 0 aliphatic heterocycles. The summed E-state index contributed by atoms with van der Waals surface area (Å²) in [4.78, 5) is 35.3. The summed E-state index contributed by atoms with van der Waals surface area (Å²) in [6, 6.07) is 6.99. The number of benzene rings is 1. The zero-order valence-electron chi connectivity index (χ0n) is 11.9. The molecule has 20 heavy (non-hydrogen) atoms. The Morgan fingerprint density at radius 1 is 1.10 bits per heavy atom. The molecule has 0 fully saturated rings. The number of anilines is 1. The van der Waals surface area contributed by atoms with Gasteiger partial charge in [0.25, 0.3) is 0 Å². The molecule has 1 aromatic rings. The summed E-state index contributed by atoms with van der Waals surface area (Å²) >= 11 is 0. The highest BCUT2D eigenvalue weighted by Gasteiger charge is 2.08. The van der Waals surface area contributed by atoms with Crippen LogP contribution in [0.2, 0.25) is 0 Å². The summed E-state index contributed by atoms with van der Waals surface area (Å²) in [6.07, 6.45) is 0.195. The maximum absolute atomic E-state index is 11.7. The zero-order chi connectivity index (χ0) is 15.1. The van der Waals surface area contributed by atoms with E-state index < -0.39 is 0 Å². The largest absolute Gasteiger partial charge is 0.347 e. The Balaban J connectivity index is 2.46. The van der Waals surface area contributed by atoms with E-state index in [2.05, 4.69) is 10.6 Å². The summed E-state index contributed by atoms with van der Waals surface area (Å²) < 4.78 is 0. The van der Waals surface area contributed by atoms with Crippen LogP contribution in [0.25, 0.3) is 0 Å². The number of carbonyl (C=O) groups is 3. The van der Waals surface area contributed by atoms with Crippen LogP contribution in [0, 0.1) is 0 Å². The third kappa shape index (κ3) is 5.51. The number of hydrogen-bond acceptors (Lipinski definition) is 3. The Morgan fingerprint density at radius 3 is 2.20 bits per heavy atom. The quantitative estimate of drug-likeness (QED) is 0.817. The van der Waals surface area contributed by atoms with Crippen molar-refractivity contribution in [2.24, 2.45) is 0 Å². The topological polar surface area (TPSA) is 78.5 Å². The highest BCUT2D eigenvalue weighted by atomic mass is 16.2. The second-order valence-corrected chi connectivity index (χ2v) is 4.62. The average molecular weight is 277 g/mol. The molecule has 2 N–H and O–H groups in total. The second-order valence-electron chi connectivity index (χ2n) is 4.62. The second kappa shape index (κ2) is 7.28. The Kier molecular flexibility index (Phi) is 5.71. The highest BCUT2D eigenvalue weighted by Crippen LogP contribution is 2.09. The Hall–Kier alpha value is -2.37. The fourth-order valence-electron chi connectivity index (χ4n) is 1.49. The predicted molar refractivity (Wildman–Crippen MR) is 76.2 cm³/mol. The molecule has 0 radical (unpaired) electrons. The van der Waals surface area contributed by atoms with Crippen molar-refractivity contribution in [1.29, 1.82) is 0 Å². The van der Waals surface area contributed by atoms with Crippen LogP contribution in [-0.2, 0) is 20.8 Å². The van der Waals surface area contributed by atoms with Crippen LogP contribution in [0.15, 0.2) is 24.3 Å². The van der Waals surface area contributed by atoms with Gasteiger partial charge >= 0.3 is 0 Å². The first kappa shape index (κ1) is 15.7. The van der Waals surface area contributed by atoms with Crippen molar-refractivity contribution in [1.82, 2.24) is 10.2 Å². The number of carbonyl (C=O) groups excluding carboxylic acids is 3. The van der Waals surface area contributed by atoms with Crippen molar-refractivity contribution in [2.45, 2.75) is 13.3 Å². The lowest BCUT2D eigenvalue weighted by atomic mass is 10.1. The molecular formula is C14H19N3O3. The fraction of sp³-hybridized carbons (Fsp3) is 0.357. The van der Waals surface area contributed by atoms with E-state index in [1.165, 1.54) is 11.8 Å². The lowest BCUT2D eigenvalue weighted by molar-refractivity contribution is -0.130. The van der Waals surface area contributed by atoms with Crippen molar-refractivity contribution in [2.75, 3.05) is 26.0 Å². The summed E-state index contributed by atoms with van der Waals surface area (Å²) in [5.41, 5.74) is 1.50. The van der Waals surface area contributed by atoms with E-state index in [0.717, 1.165) is 5.56 Å². The average Bonchev–Trinajstić information content (AvgIpc) is 2.37. The molecule has 6 heteroatoms. The molecule has 0 bridgehead atoms. The van der Waals surface area contributed by atoms with Crippen molar-refractivity contribution in [3.05, 3.63) is 29.8 Å². The van der Waals surface area contributed by atoms with Crippen molar-refractivity contribution < 1.29 is 14.4 Å². The van der Waals surface area contributed by atoms with Gasteiger partial charge in [0.05, 0.1) is 13.0 Å². The molecule has 0 unspecified atom stereocenters. The smallest absolute Gasteiger partial charge is 0.241 e. The van der Waals surface area contributed by atoms with Crippen LogP contribution < -0.4 is 10.6 Å². The minimum Gasteiger partial charge on any atom is -0.347 e. The van der Waals surface area contributed by atoms with E-state index in [0.29, 0.717) is 5.69 Å². The van der Waals surface area contributed by atoms with Crippen molar-refractivity contribution in [3.8, 4) is 0 Å². The first-order valence-electron chi connectivity index (χ1n) is 6.22. The van der Waals surface area contributed by atoms with Gasteiger partial charge in [0.1, 0.15) is 0 Å². The van der Waals surface area contributed by atoms with Crippen LogP contribution in [0.5, 0.6) is 0 Å². The van der Waals surface area contributed by atoms with Crippen LogP contribution in [0.3, 0.4) is 0 Å². The standard InChI is InChI=1S/C14H19N3O3/c1-10(18)16-12-6-4-11(5-7-12)8-13(19)15-9-14(20)17(2)3/h4-7H,8-9H2,1-3H3,(H,15,19)(H,16,18). The predicted octanol–water partition coefficient (Wildman–Crippen LogP) is 0.392. The van der Waals surface area contributed by atoms with Crippen LogP contribution >= 0.6 is 0 Å². The third-order valence-corrected chi connectivity index (χ3v) is 2.57. The summed E-state index contributed by atoms with van der Waals surface area (Å²) in [6.45, 7) is 1.43. The number of nitrogens with one attached hydrogen (secondary N) is 2. The summed E-state index contributed by atoms with van der Waals surface area (Å²) in [5, 5.41) is 5.21. The maximum atomic E-state index is 11.7. The minimum atomic E-state index is -0.215. The Labute approximate surface area is 118 Å². The molecule has 0 aliphatic rings. The van der Waals surface area contributed by atoms with Gasteiger partial charge in [-0.3, -0.25) is 14.4 Å². The molecule has 1 aromatic carbocycles. The lowest BCUT2D eigenvalue weighted by Gasteiger charge is -2.11.